The summed E-state index contributed by atoms with van der Waals surface area (Å²) in [5.41, 5.74) is 10.5. The van der Waals surface area contributed by atoms with E-state index in [0.29, 0.717) is 16.3 Å². The lowest BCUT2D eigenvalue weighted by Crippen LogP contribution is -2.46. The number of rotatable bonds is 10. The van der Waals surface area contributed by atoms with Crippen LogP contribution in [-0.2, 0) is 15.8 Å². The monoisotopic (exact) mass is 435 g/mol. The number of carboxylic acids is 1. The topological polar surface area (TPSA) is 160 Å². The molecule has 29 heavy (non-hydrogen) atoms. The molecule has 0 saturated carbocycles. The molecule has 9 nitrogen and oxygen atoms in total. The largest absolute Gasteiger partial charge is 0.480 e. The van der Waals surface area contributed by atoms with Crippen molar-refractivity contribution in [2.24, 2.45) is 16.5 Å². The predicted molar refractivity (Wildman–Crippen MR) is 114 cm³/mol. The minimum atomic E-state index is -1.71. The van der Waals surface area contributed by atoms with Gasteiger partial charge < -0.3 is 21.9 Å². The number of nitrogens with two attached hydrogens (primary N) is 2. The third-order valence-corrected chi connectivity index (χ3v) is 5.73. The van der Waals surface area contributed by atoms with Crippen LogP contribution in [0.3, 0.4) is 0 Å². The van der Waals surface area contributed by atoms with E-state index in [2.05, 4.69) is 15.0 Å². The Balaban J connectivity index is 1.91. The van der Waals surface area contributed by atoms with Gasteiger partial charge in [0.2, 0.25) is 0 Å². The number of hydrogen-bond donors (Lipinski definition) is 5. The highest BCUT2D eigenvalue weighted by atomic mass is 32.2. The molecule has 1 unspecified atom stereocenters. The van der Waals surface area contributed by atoms with Crippen LogP contribution in [0.2, 0.25) is 0 Å². The molecule has 11 heteroatoms. The molecule has 7 N–H and O–H groups in total. The maximum Gasteiger partial charge on any atom is 0.323 e. The second kappa shape index (κ2) is 11.1. The molecule has 154 valence electrons. The molecule has 0 bridgehead atoms. The van der Waals surface area contributed by atoms with Crippen molar-refractivity contribution >= 4 is 46.2 Å². The summed E-state index contributed by atoms with van der Waals surface area (Å²) in [5.74, 6) is -1.64. The van der Waals surface area contributed by atoms with Crippen molar-refractivity contribution in [2.75, 3.05) is 13.1 Å². The third-order valence-electron chi connectivity index (χ3n) is 3.48. The Morgan fingerprint density at radius 2 is 1.93 bits per heavy atom. The van der Waals surface area contributed by atoms with Crippen LogP contribution in [0.4, 0.5) is 0 Å². The Morgan fingerprint density at radius 1 is 1.21 bits per heavy atom. The van der Waals surface area contributed by atoms with E-state index < -0.39 is 28.9 Å². The molecule has 0 spiro atoms. The Labute approximate surface area is 174 Å². The van der Waals surface area contributed by atoms with Gasteiger partial charge in [0.1, 0.15) is 17.0 Å². The first-order chi connectivity index (χ1) is 13.9. The van der Waals surface area contributed by atoms with E-state index in [0.717, 1.165) is 4.88 Å². The lowest BCUT2D eigenvalue weighted by molar-refractivity contribution is -0.138. The highest BCUT2D eigenvalue weighted by molar-refractivity contribution is 7.83. The number of carbonyl (C=O) groups excluding carboxylic acids is 1. The molecule has 1 aromatic carbocycles. The first-order valence-corrected chi connectivity index (χ1v) is 10.4. The van der Waals surface area contributed by atoms with Crippen LogP contribution in [0.25, 0.3) is 6.08 Å². The van der Waals surface area contributed by atoms with Gasteiger partial charge in [-0.05, 0) is 30.3 Å². The maximum atomic E-state index is 12.3. The fourth-order valence-corrected chi connectivity index (χ4v) is 3.93. The molecule has 1 heterocycles. The quantitative estimate of drug-likeness (QED) is 0.270. The summed E-state index contributed by atoms with van der Waals surface area (Å²) in [7, 11) is -1.71. The number of aliphatic carboxylic acids is 1. The van der Waals surface area contributed by atoms with Crippen LogP contribution < -0.4 is 21.5 Å². The molecule has 2 atom stereocenters. The van der Waals surface area contributed by atoms with E-state index >= 15 is 0 Å². The minimum Gasteiger partial charge on any atom is -0.480 e. The van der Waals surface area contributed by atoms with Crippen molar-refractivity contribution in [2.45, 2.75) is 10.9 Å². The van der Waals surface area contributed by atoms with Gasteiger partial charge in [0, 0.05) is 11.4 Å². The third kappa shape index (κ3) is 7.49. The fraction of sp³-hybridized carbons (Fsp3) is 0.167. The van der Waals surface area contributed by atoms with Gasteiger partial charge in [0.15, 0.2) is 5.96 Å². The molecule has 1 aromatic heterocycles. The van der Waals surface area contributed by atoms with Crippen molar-refractivity contribution in [1.29, 1.82) is 0 Å². The molecule has 0 aliphatic heterocycles. The smallest absolute Gasteiger partial charge is 0.323 e. The highest BCUT2D eigenvalue weighted by Crippen LogP contribution is 2.17. The van der Waals surface area contributed by atoms with E-state index in [1.165, 1.54) is 11.3 Å². The summed E-state index contributed by atoms with van der Waals surface area (Å²) in [5, 5.41) is 11.9. The number of thiophene rings is 1. The maximum absolute atomic E-state index is 12.3. The first kappa shape index (κ1) is 22.3. The number of benzene rings is 1. The van der Waals surface area contributed by atoms with Crippen molar-refractivity contribution in [3.05, 3.63) is 58.3 Å². The van der Waals surface area contributed by atoms with Crippen LogP contribution in [0, 0.1) is 0 Å². The molecule has 0 radical (unpaired) electrons. The van der Waals surface area contributed by atoms with Gasteiger partial charge >= 0.3 is 5.97 Å². The van der Waals surface area contributed by atoms with Gasteiger partial charge in [-0.3, -0.25) is 9.59 Å². The SMILES string of the molecule is NC(N)=NC/C=C\c1ccc(C(=O)NC[C@H](NS(=O)c2ccccc2)C(=O)O)s1. The minimum absolute atomic E-state index is 0.00399. The number of hydrogen-bond acceptors (Lipinski definition) is 5. The van der Waals surface area contributed by atoms with Crippen LogP contribution in [-0.4, -0.2) is 46.3 Å². The number of carboxylic acid groups (broad SMARTS) is 1. The zero-order valence-electron chi connectivity index (χ0n) is 15.3. The van der Waals surface area contributed by atoms with E-state index in [9.17, 15) is 18.9 Å². The fourth-order valence-electron chi connectivity index (χ4n) is 2.09. The van der Waals surface area contributed by atoms with Gasteiger partial charge in [-0.25, -0.2) is 13.9 Å². The van der Waals surface area contributed by atoms with Crippen LogP contribution >= 0.6 is 11.3 Å². The second-order valence-corrected chi connectivity index (χ2v) is 8.03. The van der Waals surface area contributed by atoms with E-state index in [1.54, 1.807) is 54.6 Å². The number of aliphatic imine (C=N–C) groups is 1. The van der Waals surface area contributed by atoms with Gasteiger partial charge in [0.25, 0.3) is 5.91 Å². The van der Waals surface area contributed by atoms with Crippen LogP contribution in [0.5, 0.6) is 0 Å². The lowest BCUT2D eigenvalue weighted by Gasteiger charge is -2.14. The van der Waals surface area contributed by atoms with Crippen LogP contribution in [0.1, 0.15) is 14.5 Å². The Bertz CT molecular complexity index is 923. The Morgan fingerprint density at radius 3 is 2.59 bits per heavy atom. The molecule has 0 saturated heterocycles. The summed E-state index contributed by atoms with van der Waals surface area (Å²) < 4.78 is 14.7. The van der Waals surface area contributed by atoms with Crippen molar-refractivity contribution in [1.82, 2.24) is 10.0 Å². The van der Waals surface area contributed by atoms with Gasteiger partial charge in [-0.1, -0.05) is 24.3 Å². The Kier molecular flexibility index (Phi) is 8.52. The lowest BCUT2D eigenvalue weighted by atomic mass is 10.3. The average molecular weight is 436 g/mol. The zero-order valence-corrected chi connectivity index (χ0v) is 16.9. The summed E-state index contributed by atoms with van der Waals surface area (Å²) in [6.07, 6.45) is 3.52. The van der Waals surface area contributed by atoms with Crippen molar-refractivity contribution < 1.29 is 18.9 Å². The molecule has 1 amide bonds. The molecular weight excluding hydrogens is 414 g/mol. The van der Waals surface area contributed by atoms with Gasteiger partial charge in [-0.2, -0.15) is 0 Å². The summed E-state index contributed by atoms with van der Waals surface area (Å²) in [6.45, 7) is 0.104. The molecule has 2 aromatic rings. The van der Waals surface area contributed by atoms with Crippen molar-refractivity contribution in [3.63, 3.8) is 0 Å². The standard InChI is InChI=1S/C18H21N5O4S2/c19-18(20)21-10-4-5-12-8-9-15(28-12)16(24)22-11-14(17(25)26)23-29(27)13-6-2-1-3-7-13/h1-9,14,23H,10-11H2,(H,22,24)(H,25,26)(H4,19,20,21)/b5-4-/t14-,29?/m0/s1. The van der Waals surface area contributed by atoms with Crippen LogP contribution in [0.15, 0.2) is 58.4 Å². The molecule has 0 aliphatic rings. The summed E-state index contributed by atoms with van der Waals surface area (Å²) in [6, 6.07) is 10.6. The molecule has 0 fully saturated rings. The van der Waals surface area contributed by atoms with E-state index in [-0.39, 0.29) is 12.5 Å². The number of amides is 1. The van der Waals surface area contributed by atoms with E-state index in [4.69, 9.17) is 11.5 Å². The van der Waals surface area contributed by atoms with Gasteiger partial charge in [-0.15, -0.1) is 11.3 Å². The Hall–Kier alpha value is -3.02. The second-order valence-electron chi connectivity index (χ2n) is 5.67. The highest BCUT2D eigenvalue weighted by Gasteiger charge is 2.21. The number of carbonyl (C=O) groups is 2. The van der Waals surface area contributed by atoms with Crippen molar-refractivity contribution in [3.8, 4) is 0 Å². The van der Waals surface area contributed by atoms with E-state index in [1.807, 2.05) is 0 Å². The molecule has 0 aliphatic carbocycles. The number of nitrogens with zero attached hydrogens (tertiary/aromatic N) is 1. The zero-order chi connectivity index (χ0) is 21.2. The molecule has 2 rings (SSSR count). The van der Waals surface area contributed by atoms with Gasteiger partial charge in [0.05, 0.1) is 16.3 Å². The summed E-state index contributed by atoms with van der Waals surface area (Å²) in [4.78, 5) is 29.2. The first-order valence-electron chi connectivity index (χ1n) is 8.42. The number of guanidine groups is 1. The summed E-state index contributed by atoms with van der Waals surface area (Å²) >= 11 is 1.23. The number of nitrogens with one attached hydrogen (secondary N) is 2. The molecular formula is C18H21N5O4S2. The average Bonchev–Trinajstić information content (AvgIpc) is 3.17. The predicted octanol–water partition coefficient (Wildman–Crippen LogP) is 0.530. The normalized spacial score (nSPS) is 13.0.